The first-order chi connectivity index (χ1) is 13.1. The molecule has 0 saturated heterocycles. The highest BCUT2D eigenvalue weighted by Gasteiger charge is 2.09. The first kappa shape index (κ1) is 17.0. The van der Waals surface area contributed by atoms with Crippen LogP contribution in [0.1, 0.15) is 22.5 Å². The SMILES string of the molecule is Cc1cc(N/N=C/c2cc(C)n(-c3ccccc3)c2C)nc2ccccc12. The van der Waals surface area contributed by atoms with E-state index in [0.717, 1.165) is 28.3 Å². The summed E-state index contributed by atoms with van der Waals surface area (Å²) in [5, 5.41) is 5.58. The Morgan fingerprint density at radius 3 is 2.48 bits per heavy atom. The molecule has 4 nitrogen and oxygen atoms in total. The van der Waals surface area contributed by atoms with E-state index in [9.17, 15) is 0 Å². The number of aromatic nitrogens is 2. The maximum absolute atomic E-state index is 4.63. The first-order valence-corrected chi connectivity index (χ1v) is 9.03. The predicted octanol–water partition coefficient (Wildman–Crippen LogP) is 5.40. The van der Waals surface area contributed by atoms with Crippen LogP contribution in [0, 0.1) is 20.8 Å². The summed E-state index contributed by atoms with van der Waals surface area (Å²) in [7, 11) is 0. The fourth-order valence-corrected chi connectivity index (χ4v) is 3.47. The number of hydrogen-bond donors (Lipinski definition) is 1. The van der Waals surface area contributed by atoms with Gasteiger partial charge in [0.15, 0.2) is 0 Å². The molecule has 1 N–H and O–H groups in total. The summed E-state index contributed by atoms with van der Waals surface area (Å²) in [5.74, 6) is 0.749. The van der Waals surface area contributed by atoms with E-state index in [1.54, 1.807) is 0 Å². The Morgan fingerprint density at radius 2 is 1.67 bits per heavy atom. The van der Waals surface area contributed by atoms with Gasteiger partial charge >= 0.3 is 0 Å². The minimum atomic E-state index is 0.749. The average Bonchev–Trinajstić information content (AvgIpc) is 2.96. The molecule has 0 aliphatic carbocycles. The van der Waals surface area contributed by atoms with E-state index >= 15 is 0 Å². The van der Waals surface area contributed by atoms with Crippen LogP contribution in [0.15, 0.2) is 71.8 Å². The van der Waals surface area contributed by atoms with Gasteiger partial charge in [-0.05, 0) is 56.7 Å². The van der Waals surface area contributed by atoms with Crippen LogP contribution < -0.4 is 5.43 Å². The highest BCUT2D eigenvalue weighted by molar-refractivity contribution is 5.85. The van der Waals surface area contributed by atoms with Gasteiger partial charge in [-0.1, -0.05) is 36.4 Å². The largest absolute Gasteiger partial charge is 0.318 e. The molecule has 4 heteroatoms. The molecule has 27 heavy (non-hydrogen) atoms. The number of anilines is 1. The molecule has 0 saturated carbocycles. The van der Waals surface area contributed by atoms with E-state index in [1.165, 1.54) is 16.6 Å². The number of nitrogens with zero attached hydrogens (tertiary/aromatic N) is 3. The molecule has 2 aromatic carbocycles. The molecular formula is C23H22N4. The van der Waals surface area contributed by atoms with Gasteiger partial charge in [0, 0.05) is 28.0 Å². The van der Waals surface area contributed by atoms with Crippen molar-refractivity contribution in [2.45, 2.75) is 20.8 Å². The second kappa shape index (κ2) is 7.08. The smallest absolute Gasteiger partial charge is 0.147 e. The molecule has 4 rings (SSSR count). The number of para-hydroxylation sites is 2. The fraction of sp³-hybridized carbons (Fsp3) is 0.130. The molecule has 2 aromatic heterocycles. The van der Waals surface area contributed by atoms with Gasteiger partial charge in [0.2, 0.25) is 0 Å². The van der Waals surface area contributed by atoms with Gasteiger partial charge in [-0.15, -0.1) is 0 Å². The summed E-state index contributed by atoms with van der Waals surface area (Å²) >= 11 is 0. The fourth-order valence-electron chi connectivity index (χ4n) is 3.47. The molecule has 0 aliphatic rings. The molecule has 0 amide bonds. The van der Waals surface area contributed by atoms with Crippen LogP contribution in [-0.2, 0) is 0 Å². The third-order valence-corrected chi connectivity index (χ3v) is 4.79. The van der Waals surface area contributed by atoms with E-state index in [1.807, 2.05) is 36.5 Å². The molecule has 0 bridgehead atoms. The number of rotatable bonds is 4. The van der Waals surface area contributed by atoms with Gasteiger partial charge in [-0.25, -0.2) is 4.98 Å². The summed E-state index contributed by atoms with van der Waals surface area (Å²) in [6, 6.07) is 22.7. The Bertz CT molecular complexity index is 1120. The van der Waals surface area contributed by atoms with Gasteiger partial charge in [-0.3, -0.25) is 5.43 Å². The number of nitrogens with one attached hydrogen (secondary N) is 1. The van der Waals surface area contributed by atoms with Gasteiger partial charge in [-0.2, -0.15) is 5.10 Å². The van der Waals surface area contributed by atoms with Crippen molar-refractivity contribution in [1.29, 1.82) is 0 Å². The standard InChI is InChI=1S/C23H22N4/c1-16-13-23(25-22-12-8-7-11-21(16)22)26-24-15-19-14-17(2)27(18(19)3)20-9-5-4-6-10-20/h4-15H,1-3H3,(H,25,26)/b24-15+. The highest BCUT2D eigenvalue weighted by Crippen LogP contribution is 2.21. The summed E-state index contributed by atoms with van der Waals surface area (Å²) < 4.78 is 2.24. The molecule has 134 valence electrons. The van der Waals surface area contributed by atoms with E-state index in [4.69, 9.17) is 0 Å². The molecule has 0 atom stereocenters. The van der Waals surface area contributed by atoms with Gasteiger partial charge < -0.3 is 4.57 Å². The summed E-state index contributed by atoms with van der Waals surface area (Å²) in [5.41, 5.74) is 9.81. The predicted molar refractivity (Wildman–Crippen MR) is 113 cm³/mol. The lowest BCUT2D eigenvalue weighted by Gasteiger charge is -2.09. The Morgan fingerprint density at radius 1 is 0.926 bits per heavy atom. The van der Waals surface area contributed by atoms with Crippen molar-refractivity contribution in [2.24, 2.45) is 5.10 Å². The third kappa shape index (κ3) is 3.34. The van der Waals surface area contributed by atoms with Crippen LogP contribution in [0.5, 0.6) is 0 Å². The molecule has 0 spiro atoms. The number of benzene rings is 2. The number of hydrogen-bond acceptors (Lipinski definition) is 3. The van der Waals surface area contributed by atoms with Crippen LogP contribution in [0.4, 0.5) is 5.82 Å². The van der Waals surface area contributed by atoms with Crippen LogP contribution in [-0.4, -0.2) is 15.8 Å². The number of aryl methyl sites for hydroxylation is 2. The minimum absolute atomic E-state index is 0.749. The number of fused-ring (bicyclic) bond motifs is 1. The number of hydrazone groups is 1. The molecule has 0 unspecified atom stereocenters. The van der Waals surface area contributed by atoms with Gasteiger partial charge in [0.1, 0.15) is 5.82 Å². The topological polar surface area (TPSA) is 42.2 Å². The second-order valence-corrected chi connectivity index (χ2v) is 6.71. The third-order valence-electron chi connectivity index (χ3n) is 4.79. The zero-order valence-corrected chi connectivity index (χ0v) is 15.8. The lowest BCUT2D eigenvalue weighted by atomic mass is 10.1. The van der Waals surface area contributed by atoms with Crippen LogP contribution >= 0.6 is 0 Å². The van der Waals surface area contributed by atoms with Gasteiger partial charge in [0.05, 0.1) is 11.7 Å². The Labute approximate surface area is 159 Å². The lowest BCUT2D eigenvalue weighted by Crippen LogP contribution is -1.99. The molecule has 2 heterocycles. The minimum Gasteiger partial charge on any atom is -0.318 e. The Kier molecular flexibility index (Phi) is 4.47. The van der Waals surface area contributed by atoms with Crippen molar-refractivity contribution in [3.8, 4) is 5.69 Å². The highest BCUT2D eigenvalue weighted by atomic mass is 15.3. The van der Waals surface area contributed by atoms with E-state index in [-0.39, 0.29) is 0 Å². The summed E-state index contributed by atoms with van der Waals surface area (Å²) in [4.78, 5) is 4.63. The second-order valence-electron chi connectivity index (χ2n) is 6.71. The van der Waals surface area contributed by atoms with E-state index in [2.05, 4.69) is 77.2 Å². The quantitative estimate of drug-likeness (QED) is 0.394. The van der Waals surface area contributed by atoms with Crippen molar-refractivity contribution in [3.05, 3.63) is 89.2 Å². The van der Waals surface area contributed by atoms with Crippen molar-refractivity contribution in [1.82, 2.24) is 9.55 Å². The van der Waals surface area contributed by atoms with Crippen molar-refractivity contribution in [2.75, 3.05) is 5.43 Å². The summed E-state index contributed by atoms with van der Waals surface area (Å²) in [6.07, 6.45) is 1.86. The normalized spacial score (nSPS) is 11.4. The molecular weight excluding hydrogens is 332 g/mol. The van der Waals surface area contributed by atoms with Crippen LogP contribution in [0.3, 0.4) is 0 Å². The summed E-state index contributed by atoms with van der Waals surface area (Å²) in [6.45, 7) is 6.31. The maximum Gasteiger partial charge on any atom is 0.147 e. The van der Waals surface area contributed by atoms with E-state index < -0.39 is 0 Å². The Balaban J connectivity index is 1.59. The zero-order chi connectivity index (χ0) is 18.8. The first-order valence-electron chi connectivity index (χ1n) is 9.03. The van der Waals surface area contributed by atoms with Crippen LogP contribution in [0.2, 0.25) is 0 Å². The Hall–Kier alpha value is -3.40. The van der Waals surface area contributed by atoms with Crippen molar-refractivity contribution < 1.29 is 0 Å². The molecule has 0 aliphatic heterocycles. The van der Waals surface area contributed by atoms with Gasteiger partial charge in [0.25, 0.3) is 0 Å². The monoisotopic (exact) mass is 354 g/mol. The molecule has 0 radical (unpaired) electrons. The average molecular weight is 354 g/mol. The maximum atomic E-state index is 4.63. The molecule has 0 fully saturated rings. The lowest BCUT2D eigenvalue weighted by molar-refractivity contribution is 0.965. The van der Waals surface area contributed by atoms with Crippen molar-refractivity contribution >= 4 is 22.9 Å². The zero-order valence-electron chi connectivity index (χ0n) is 15.8. The van der Waals surface area contributed by atoms with E-state index in [0.29, 0.717) is 0 Å². The molecule has 4 aromatic rings. The number of pyridine rings is 1. The van der Waals surface area contributed by atoms with Crippen LogP contribution in [0.25, 0.3) is 16.6 Å². The van der Waals surface area contributed by atoms with Crippen molar-refractivity contribution in [3.63, 3.8) is 0 Å².